The summed E-state index contributed by atoms with van der Waals surface area (Å²) in [5.41, 5.74) is 7.24. The highest BCUT2D eigenvalue weighted by Gasteiger charge is 2.34. The molecule has 0 aromatic carbocycles. The van der Waals surface area contributed by atoms with E-state index in [0.29, 0.717) is 0 Å². The van der Waals surface area contributed by atoms with Crippen LogP contribution >= 0.6 is 11.3 Å². The van der Waals surface area contributed by atoms with Gasteiger partial charge in [0.15, 0.2) is 10.8 Å². The molecule has 3 rings (SSSR count). The molecule has 0 amide bonds. The van der Waals surface area contributed by atoms with E-state index in [0.717, 1.165) is 35.6 Å². The Kier molecular flexibility index (Phi) is 3.27. The summed E-state index contributed by atoms with van der Waals surface area (Å²) < 4.78 is 2.19. The molecule has 2 heterocycles. The minimum Gasteiger partial charge on any atom is -0.358 e. The van der Waals surface area contributed by atoms with E-state index < -0.39 is 0 Å². The zero-order chi connectivity index (χ0) is 13.6. The molecule has 2 aromatic rings. The number of imidazole rings is 1. The minimum atomic E-state index is 0.159. The van der Waals surface area contributed by atoms with E-state index in [4.69, 9.17) is 10.7 Å². The van der Waals surface area contributed by atoms with E-state index in [1.54, 1.807) is 11.3 Å². The Morgan fingerprint density at radius 1 is 1.63 bits per heavy atom. The molecular formula is C14H22N4S. The fourth-order valence-corrected chi connectivity index (χ4v) is 3.44. The zero-order valence-corrected chi connectivity index (χ0v) is 12.7. The number of nitrogens with zero attached hydrogens (tertiary/aromatic N) is 3. The molecule has 1 aliphatic carbocycles. The molecule has 3 atom stereocenters. The van der Waals surface area contributed by atoms with E-state index in [9.17, 15) is 0 Å². The summed E-state index contributed by atoms with van der Waals surface area (Å²) in [6.45, 7) is 5.49. The number of nitrogens with two attached hydrogens (primary N) is 1. The normalized spacial score (nSPS) is 23.8. The van der Waals surface area contributed by atoms with E-state index in [2.05, 4.69) is 41.8 Å². The van der Waals surface area contributed by atoms with Gasteiger partial charge in [0, 0.05) is 37.6 Å². The van der Waals surface area contributed by atoms with Gasteiger partial charge in [-0.2, -0.15) is 0 Å². The minimum absolute atomic E-state index is 0.159. The van der Waals surface area contributed by atoms with Crippen LogP contribution in [0.5, 0.6) is 0 Å². The Labute approximate surface area is 118 Å². The number of aromatic nitrogens is 2. The summed E-state index contributed by atoms with van der Waals surface area (Å²) in [6.07, 6.45) is 4.33. The fourth-order valence-electron chi connectivity index (χ4n) is 2.71. The van der Waals surface area contributed by atoms with Crippen molar-refractivity contribution in [3.05, 3.63) is 17.3 Å². The number of hydrogen-bond donors (Lipinski definition) is 1. The lowest BCUT2D eigenvalue weighted by Gasteiger charge is -2.19. The molecule has 0 radical (unpaired) electrons. The molecule has 2 aromatic heterocycles. The maximum atomic E-state index is 5.99. The summed E-state index contributed by atoms with van der Waals surface area (Å²) in [6, 6.07) is 0.159. The van der Waals surface area contributed by atoms with Gasteiger partial charge in [-0.05, 0) is 25.2 Å². The second kappa shape index (κ2) is 4.80. The van der Waals surface area contributed by atoms with Crippen LogP contribution in [-0.4, -0.2) is 29.0 Å². The van der Waals surface area contributed by atoms with Crippen LogP contribution in [0, 0.1) is 11.8 Å². The van der Waals surface area contributed by atoms with Gasteiger partial charge in [0.2, 0.25) is 0 Å². The van der Waals surface area contributed by atoms with Gasteiger partial charge in [-0.15, -0.1) is 11.3 Å². The molecule has 0 saturated heterocycles. The Morgan fingerprint density at radius 2 is 2.37 bits per heavy atom. The third-order valence-electron chi connectivity index (χ3n) is 4.00. The molecule has 3 unspecified atom stereocenters. The van der Waals surface area contributed by atoms with Gasteiger partial charge in [-0.1, -0.05) is 6.92 Å². The first kappa shape index (κ1) is 12.9. The summed E-state index contributed by atoms with van der Waals surface area (Å²) in [4.78, 5) is 8.17. The first-order valence-electron chi connectivity index (χ1n) is 6.97. The van der Waals surface area contributed by atoms with Crippen molar-refractivity contribution < 1.29 is 0 Å². The SMILES string of the molecule is CC(N)Cc1c(N(C)CC2CC2C)nc2sccn12. The Hall–Kier alpha value is -1.07. The van der Waals surface area contributed by atoms with Crippen molar-refractivity contribution in [1.82, 2.24) is 9.38 Å². The van der Waals surface area contributed by atoms with Gasteiger partial charge >= 0.3 is 0 Å². The number of hydrogen-bond acceptors (Lipinski definition) is 4. The average Bonchev–Trinajstić information content (AvgIpc) is 2.78. The van der Waals surface area contributed by atoms with Crippen LogP contribution in [0.4, 0.5) is 5.82 Å². The average molecular weight is 278 g/mol. The quantitative estimate of drug-likeness (QED) is 0.913. The van der Waals surface area contributed by atoms with Gasteiger partial charge in [0.05, 0.1) is 5.69 Å². The third kappa shape index (κ3) is 2.49. The van der Waals surface area contributed by atoms with Gasteiger partial charge < -0.3 is 10.6 Å². The monoisotopic (exact) mass is 278 g/mol. The van der Waals surface area contributed by atoms with Crippen molar-refractivity contribution in [1.29, 1.82) is 0 Å². The predicted octanol–water partition coefficient (Wildman–Crippen LogP) is 2.38. The predicted molar refractivity (Wildman–Crippen MR) is 81.0 cm³/mol. The first-order chi connectivity index (χ1) is 9.06. The molecule has 0 bridgehead atoms. The lowest BCUT2D eigenvalue weighted by molar-refractivity contribution is 0.695. The van der Waals surface area contributed by atoms with E-state index in [1.165, 1.54) is 12.1 Å². The van der Waals surface area contributed by atoms with Crippen LogP contribution in [0.15, 0.2) is 11.6 Å². The van der Waals surface area contributed by atoms with Crippen molar-refractivity contribution in [3.8, 4) is 0 Å². The summed E-state index contributed by atoms with van der Waals surface area (Å²) >= 11 is 1.69. The standard InChI is InChI=1S/C14H22N4S/c1-9-6-11(9)8-17(3)13-12(7-10(2)15)18-4-5-19-14(18)16-13/h4-5,9-11H,6-8,15H2,1-3H3. The zero-order valence-electron chi connectivity index (χ0n) is 11.8. The Bertz CT molecular complexity index is 571. The van der Waals surface area contributed by atoms with Crippen molar-refractivity contribution in [2.24, 2.45) is 17.6 Å². The molecular weight excluding hydrogens is 256 g/mol. The molecule has 2 N–H and O–H groups in total. The lowest BCUT2D eigenvalue weighted by Crippen LogP contribution is -2.25. The van der Waals surface area contributed by atoms with Gasteiger partial charge in [0.25, 0.3) is 0 Å². The second-order valence-electron chi connectivity index (χ2n) is 5.97. The summed E-state index contributed by atoms with van der Waals surface area (Å²) in [7, 11) is 2.15. The molecule has 4 nitrogen and oxygen atoms in total. The molecule has 0 spiro atoms. The number of anilines is 1. The van der Waals surface area contributed by atoms with E-state index in [-0.39, 0.29) is 6.04 Å². The fraction of sp³-hybridized carbons (Fsp3) is 0.643. The molecule has 5 heteroatoms. The van der Waals surface area contributed by atoms with Crippen LogP contribution in [-0.2, 0) is 6.42 Å². The first-order valence-corrected chi connectivity index (χ1v) is 7.85. The number of rotatable bonds is 5. The van der Waals surface area contributed by atoms with Crippen molar-refractivity contribution in [3.63, 3.8) is 0 Å². The maximum Gasteiger partial charge on any atom is 0.195 e. The maximum absolute atomic E-state index is 5.99. The van der Waals surface area contributed by atoms with Crippen molar-refractivity contribution in [2.45, 2.75) is 32.7 Å². The molecule has 19 heavy (non-hydrogen) atoms. The molecule has 1 saturated carbocycles. The molecule has 104 valence electrons. The Morgan fingerprint density at radius 3 is 3.00 bits per heavy atom. The van der Waals surface area contributed by atoms with Gasteiger partial charge in [-0.25, -0.2) is 4.98 Å². The Balaban J connectivity index is 1.89. The number of thiazole rings is 1. The summed E-state index contributed by atoms with van der Waals surface area (Å²) in [5, 5.41) is 2.08. The number of fused-ring (bicyclic) bond motifs is 1. The van der Waals surface area contributed by atoms with Crippen molar-refractivity contribution >= 4 is 22.1 Å². The van der Waals surface area contributed by atoms with E-state index >= 15 is 0 Å². The lowest BCUT2D eigenvalue weighted by atomic mass is 10.2. The van der Waals surface area contributed by atoms with Crippen LogP contribution in [0.1, 0.15) is 26.0 Å². The highest BCUT2D eigenvalue weighted by molar-refractivity contribution is 7.15. The highest BCUT2D eigenvalue weighted by atomic mass is 32.1. The van der Waals surface area contributed by atoms with Crippen molar-refractivity contribution in [2.75, 3.05) is 18.5 Å². The van der Waals surface area contributed by atoms with Crippen LogP contribution < -0.4 is 10.6 Å². The third-order valence-corrected chi connectivity index (χ3v) is 4.76. The highest BCUT2D eigenvalue weighted by Crippen LogP contribution is 2.39. The summed E-state index contributed by atoms with van der Waals surface area (Å²) in [5.74, 6) is 2.83. The molecule has 1 aliphatic rings. The van der Waals surface area contributed by atoms with Gasteiger partial charge in [-0.3, -0.25) is 4.40 Å². The molecule has 0 aliphatic heterocycles. The van der Waals surface area contributed by atoms with Gasteiger partial charge in [0.1, 0.15) is 0 Å². The van der Waals surface area contributed by atoms with Crippen LogP contribution in [0.2, 0.25) is 0 Å². The largest absolute Gasteiger partial charge is 0.358 e. The topological polar surface area (TPSA) is 46.6 Å². The van der Waals surface area contributed by atoms with Crippen LogP contribution in [0.3, 0.4) is 0 Å². The molecule has 1 fully saturated rings. The smallest absolute Gasteiger partial charge is 0.195 e. The second-order valence-corrected chi connectivity index (χ2v) is 6.85. The van der Waals surface area contributed by atoms with Crippen LogP contribution in [0.25, 0.3) is 4.96 Å². The van der Waals surface area contributed by atoms with E-state index in [1.807, 2.05) is 0 Å².